The zero-order chi connectivity index (χ0) is 19.8. The highest BCUT2D eigenvalue weighted by Gasteiger charge is 2.52. The van der Waals surface area contributed by atoms with Crippen molar-refractivity contribution in [2.75, 3.05) is 25.5 Å². The van der Waals surface area contributed by atoms with E-state index in [1.165, 1.54) is 25.5 Å². The second-order valence-corrected chi connectivity index (χ2v) is 8.01. The number of anilines is 2. The first-order chi connectivity index (χ1) is 14.1. The quantitative estimate of drug-likeness (QED) is 0.720. The summed E-state index contributed by atoms with van der Waals surface area (Å²) in [5.41, 5.74) is 1.77. The summed E-state index contributed by atoms with van der Waals surface area (Å²) in [6.07, 6.45) is 9.15. The van der Waals surface area contributed by atoms with Gasteiger partial charge < -0.3 is 19.5 Å². The normalized spacial score (nSPS) is 17.9. The summed E-state index contributed by atoms with van der Waals surface area (Å²) in [5, 5.41) is 11.9. The van der Waals surface area contributed by atoms with Gasteiger partial charge in [-0.15, -0.1) is 0 Å². The van der Waals surface area contributed by atoms with E-state index in [0.29, 0.717) is 23.2 Å². The van der Waals surface area contributed by atoms with Gasteiger partial charge in [0, 0.05) is 24.6 Å². The molecule has 0 radical (unpaired) electrons. The third kappa shape index (κ3) is 3.52. The number of aromatic nitrogens is 4. The minimum absolute atomic E-state index is 0.277. The molecule has 0 amide bonds. The van der Waals surface area contributed by atoms with Crippen molar-refractivity contribution in [1.82, 2.24) is 24.4 Å². The number of nitriles is 1. The highest BCUT2D eigenvalue weighted by Crippen LogP contribution is 2.49. The topological polar surface area (TPSA) is 91.9 Å². The summed E-state index contributed by atoms with van der Waals surface area (Å²) < 4.78 is 8.12. The lowest BCUT2D eigenvalue weighted by molar-refractivity contribution is -0.109. The van der Waals surface area contributed by atoms with Crippen molar-refractivity contribution < 1.29 is 4.74 Å². The zero-order valence-electron chi connectivity index (χ0n) is 16.1. The second-order valence-electron chi connectivity index (χ2n) is 8.01. The van der Waals surface area contributed by atoms with Crippen molar-refractivity contribution in [2.45, 2.75) is 18.9 Å². The Morgan fingerprint density at radius 3 is 2.76 bits per heavy atom. The number of hydrogen-bond acceptors (Lipinski definition) is 7. The van der Waals surface area contributed by atoms with Gasteiger partial charge in [0.15, 0.2) is 5.69 Å². The van der Waals surface area contributed by atoms with Gasteiger partial charge in [0.25, 0.3) is 0 Å². The van der Waals surface area contributed by atoms with Gasteiger partial charge in [-0.25, -0.2) is 15.0 Å². The van der Waals surface area contributed by atoms with Crippen LogP contribution in [0.1, 0.15) is 18.5 Å². The smallest absolute Gasteiger partial charge is 0.158 e. The van der Waals surface area contributed by atoms with E-state index in [4.69, 9.17) is 10.00 Å². The van der Waals surface area contributed by atoms with Crippen molar-refractivity contribution >= 4 is 11.6 Å². The standard InChI is InChI=1S/C21H21N7O/c1-27-12-21(13-27)6-18(7-21)29-17-4-2-3-16(5-17)28-11-20(25-14-28)26-19-10-23-15(8-22)9-24-19/h2-5,9-11,14,18H,6-7,12-13H2,1H3,(H,24,26). The molecule has 1 N–H and O–H groups in total. The van der Waals surface area contributed by atoms with Crippen molar-refractivity contribution in [2.24, 2.45) is 5.41 Å². The van der Waals surface area contributed by atoms with Crippen LogP contribution < -0.4 is 10.1 Å². The molecule has 0 unspecified atom stereocenters. The Kier molecular flexibility index (Phi) is 4.18. The predicted octanol–water partition coefficient (Wildman–Crippen LogP) is 2.75. The van der Waals surface area contributed by atoms with E-state index < -0.39 is 0 Å². The molecule has 1 saturated heterocycles. The summed E-state index contributed by atoms with van der Waals surface area (Å²) in [7, 11) is 2.17. The maximum absolute atomic E-state index is 8.79. The van der Waals surface area contributed by atoms with Crippen molar-refractivity contribution in [3.05, 3.63) is 54.9 Å². The Balaban J connectivity index is 1.23. The number of ether oxygens (including phenoxy) is 1. The SMILES string of the molecule is CN1CC2(CC(Oc3cccc(-n4cnc(Nc5cnc(C#N)cn5)c4)c3)C2)C1. The van der Waals surface area contributed by atoms with Crippen LogP contribution in [0.4, 0.5) is 11.6 Å². The van der Waals surface area contributed by atoms with Gasteiger partial charge in [-0.05, 0) is 32.0 Å². The van der Waals surface area contributed by atoms with Crippen LogP contribution >= 0.6 is 0 Å². The van der Waals surface area contributed by atoms with Gasteiger partial charge in [0.1, 0.15) is 29.8 Å². The molecule has 29 heavy (non-hydrogen) atoms. The third-order valence-electron chi connectivity index (χ3n) is 5.56. The molecule has 2 aliphatic rings. The lowest BCUT2D eigenvalue weighted by Crippen LogP contribution is -2.63. The predicted molar refractivity (Wildman–Crippen MR) is 107 cm³/mol. The first-order valence-electron chi connectivity index (χ1n) is 9.60. The van der Waals surface area contributed by atoms with Crippen LogP contribution in [0.2, 0.25) is 0 Å². The fourth-order valence-corrected chi connectivity index (χ4v) is 4.37. The van der Waals surface area contributed by atoms with Crippen molar-refractivity contribution in [3.63, 3.8) is 0 Å². The summed E-state index contributed by atoms with van der Waals surface area (Å²) in [5.74, 6) is 2.06. The molecule has 5 rings (SSSR count). The minimum atomic E-state index is 0.277. The van der Waals surface area contributed by atoms with Crippen LogP contribution in [0.25, 0.3) is 5.69 Å². The number of hydrogen-bond donors (Lipinski definition) is 1. The summed E-state index contributed by atoms with van der Waals surface area (Å²) in [4.78, 5) is 14.9. The van der Waals surface area contributed by atoms with E-state index in [1.807, 2.05) is 41.1 Å². The van der Waals surface area contributed by atoms with Crippen molar-refractivity contribution in [1.29, 1.82) is 5.26 Å². The van der Waals surface area contributed by atoms with Crippen LogP contribution in [-0.2, 0) is 0 Å². The molecular formula is C21H21N7O. The molecule has 1 spiro atoms. The van der Waals surface area contributed by atoms with Crippen LogP contribution in [-0.4, -0.2) is 50.7 Å². The molecule has 1 aliphatic carbocycles. The van der Waals surface area contributed by atoms with Crippen LogP contribution in [0.5, 0.6) is 5.75 Å². The van der Waals surface area contributed by atoms with E-state index in [0.717, 1.165) is 24.3 Å². The molecule has 0 atom stereocenters. The van der Waals surface area contributed by atoms with E-state index in [2.05, 4.69) is 32.2 Å². The molecule has 1 aromatic carbocycles. The van der Waals surface area contributed by atoms with Gasteiger partial charge in [-0.3, -0.25) is 0 Å². The van der Waals surface area contributed by atoms with Gasteiger partial charge in [0.05, 0.1) is 30.4 Å². The number of benzene rings is 1. The largest absolute Gasteiger partial charge is 0.490 e. The molecule has 2 aromatic heterocycles. The molecule has 3 aromatic rings. The molecule has 3 heterocycles. The average Bonchev–Trinajstić information content (AvgIpc) is 3.15. The number of rotatable bonds is 5. The Bertz CT molecular complexity index is 1060. The van der Waals surface area contributed by atoms with E-state index >= 15 is 0 Å². The second kappa shape index (κ2) is 6.87. The van der Waals surface area contributed by atoms with Gasteiger partial charge in [-0.2, -0.15) is 5.26 Å². The van der Waals surface area contributed by atoms with Gasteiger partial charge >= 0.3 is 0 Å². The molecule has 8 heteroatoms. The Hall–Kier alpha value is -3.44. The number of nitrogens with zero attached hydrogens (tertiary/aromatic N) is 6. The monoisotopic (exact) mass is 387 g/mol. The Labute approximate surface area is 168 Å². The Morgan fingerprint density at radius 1 is 1.17 bits per heavy atom. The van der Waals surface area contributed by atoms with E-state index in [9.17, 15) is 0 Å². The maximum atomic E-state index is 8.79. The Morgan fingerprint density at radius 2 is 2.03 bits per heavy atom. The fourth-order valence-electron chi connectivity index (χ4n) is 4.37. The van der Waals surface area contributed by atoms with Gasteiger partial charge in [0.2, 0.25) is 0 Å². The third-order valence-corrected chi connectivity index (χ3v) is 5.56. The summed E-state index contributed by atoms with van der Waals surface area (Å²) >= 11 is 0. The molecule has 146 valence electrons. The number of imidazole rings is 1. The first-order valence-corrected chi connectivity index (χ1v) is 9.60. The molecular weight excluding hydrogens is 366 g/mol. The molecule has 2 fully saturated rings. The minimum Gasteiger partial charge on any atom is -0.490 e. The summed E-state index contributed by atoms with van der Waals surface area (Å²) in [6.45, 7) is 2.39. The van der Waals surface area contributed by atoms with E-state index in [1.54, 1.807) is 6.33 Å². The van der Waals surface area contributed by atoms with E-state index in [-0.39, 0.29) is 5.69 Å². The van der Waals surface area contributed by atoms with Crippen LogP contribution in [0.3, 0.4) is 0 Å². The maximum Gasteiger partial charge on any atom is 0.158 e. The zero-order valence-corrected chi connectivity index (χ0v) is 16.1. The lowest BCUT2D eigenvalue weighted by atomic mass is 9.62. The first kappa shape index (κ1) is 17.6. The highest BCUT2D eigenvalue weighted by atomic mass is 16.5. The molecule has 0 bridgehead atoms. The van der Waals surface area contributed by atoms with Crippen LogP contribution in [0, 0.1) is 16.7 Å². The summed E-state index contributed by atoms with van der Waals surface area (Å²) in [6, 6.07) is 10.00. The number of nitrogens with one attached hydrogen (secondary N) is 1. The average molecular weight is 387 g/mol. The fraction of sp³-hybridized carbons (Fsp3) is 0.333. The molecule has 1 aliphatic heterocycles. The van der Waals surface area contributed by atoms with Gasteiger partial charge in [-0.1, -0.05) is 6.07 Å². The van der Waals surface area contributed by atoms with Crippen molar-refractivity contribution in [3.8, 4) is 17.5 Å². The highest BCUT2D eigenvalue weighted by molar-refractivity contribution is 5.51. The van der Waals surface area contributed by atoms with Crippen LogP contribution in [0.15, 0.2) is 49.2 Å². The number of likely N-dealkylation sites (tertiary alicyclic amines) is 1. The molecule has 8 nitrogen and oxygen atoms in total. The molecule has 1 saturated carbocycles. The lowest BCUT2D eigenvalue weighted by Gasteiger charge is -2.57.